The molecule has 1 aliphatic carbocycles. The topological polar surface area (TPSA) is 60.9 Å². The van der Waals surface area contributed by atoms with Crippen molar-refractivity contribution in [2.24, 2.45) is 0 Å². The van der Waals surface area contributed by atoms with E-state index in [4.69, 9.17) is 5.11 Å². The summed E-state index contributed by atoms with van der Waals surface area (Å²) in [5.74, 6) is -0.927. The van der Waals surface area contributed by atoms with E-state index in [2.05, 4.69) is 13.0 Å². The molecule has 0 saturated heterocycles. The van der Waals surface area contributed by atoms with Gasteiger partial charge in [-0.2, -0.15) is 0 Å². The van der Waals surface area contributed by atoms with Crippen molar-refractivity contribution in [3.8, 4) is 0 Å². The average Bonchev–Trinajstić information content (AvgIpc) is 2.89. The molecule has 2 amide bonds. The van der Waals surface area contributed by atoms with Crippen LogP contribution in [0.15, 0.2) is 11.6 Å². The maximum atomic E-state index is 12.5. The van der Waals surface area contributed by atoms with Gasteiger partial charge >= 0.3 is 12.0 Å². The number of carboxylic acid groups (broad SMARTS) is 1. The number of rotatable bonds is 3. The van der Waals surface area contributed by atoms with Gasteiger partial charge in [0.1, 0.15) is 6.54 Å². The van der Waals surface area contributed by atoms with Crippen LogP contribution in [-0.2, 0) is 4.79 Å². The summed E-state index contributed by atoms with van der Waals surface area (Å²) in [6.07, 6.45) is 6.98. The molecular weight excluding hydrogens is 244 g/mol. The number of nitrogens with zero attached hydrogens (tertiary/aromatic N) is 2. The number of hydrogen-bond acceptors (Lipinski definition) is 2. The third kappa shape index (κ3) is 3.49. The van der Waals surface area contributed by atoms with Crippen molar-refractivity contribution >= 4 is 12.0 Å². The van der Waals surface area contributed by atoms with Gasteiger partial charge in [0.05, 0.1) is 0 Å². The van der Waals surface area contributed by atoms with Gasteiger partial charge in [-0.1, -0.05) is 24.5 Å². The Kier molecular flexibility index (Phi) is 4.45. The zero-order valence-electron chi connectivity index (χ0n) is 11.5. The number of amides is 2. The van der Waals surface area contributed by atoms with Crippen LogP contribution in [0.5, 0.6) is 0 Å². The predicted octanol–water partition coefficient (Wildman–Crippen LogP) is 2.09. The van der Waals surface area contributed by atoms with Crippen LogP contribution in [0.25, 0.3) is 0 Å². The Morgan fingerprint density at radius 2 is 2.11 bits per heavy atom. The molecule has 0 radical (unpaired) electrons. The minimum absolute atomic E-state index is 0.107. The summed E-state index contributed by atoms with van der Waals surface area (Å²) in [6.45, 7) is 3.19. The lowest BCUT2D eigenvalue weighted by Crippen LogP contribution is -2.50. The molecule has 1 aliphatic heterocycles. The molecule has 1 fully saturated rings. The summed E-state index contributed by atoms with van der Waals surface area (Å²) >= 11 is 0. The van der Waals surface area contributed by atoms with E-state index in [1.807, 2.05) is 0 Å². The zero-order chi connectivity index (χ0) is 13.8. The smallest absolute Gasteiger partial charge is 0.323 e. The standard InChI is InChI=1S/C14H22N2O3/c1-11-6-8-15(9-7-11)14(19)16(10-13(17)18)12-4-2-3-5-12/h6,12H,2-5,7-10H2,1H3,(H,17,18). The molecule has 0 aromatic carbocycles. The highest BCUT2D eigenvalue weighted by molar-refractivity contribution is 5.80. The van der Waals surface area contributed by atoms with Gasteiger partial charge in [0.15, 0.2) is 0 Å². The fourth-order valence-electron chi connectivity index (χ4n) is 2.84. The normalized spacial score (nSPS) is 20.3. The SMILES string of the molecule is CC1=CCN(C(=O)N(CC(=O)O)C2CCCC2)CC1. The highest BCUT2D eigenvalue weighted by Gasteiger charge is 2.31. The van der Waals surface area contributed by atoms with E-state index in [1.165, 1.54) is 5.57 Å². The van der Waals surface area contributed by atoms with Crippen LogP contribution in [0.4, 0.5) is 4.79 Å². The molecule has 5 nitrogen and oxygen atoms in total. The van der Waals surface area contributed by atoms with Crippen molar-refractivity contribution in [1.29, 1.82) is 0 Å². The lowest BCUT2D eigenvalue weighted by atomic mass is 10.1. The molecule has 0 spiro atoms. The van der Waals surface area contributed by atoms with Crippen LogP contribution in [0.3, 0.4) is 0 Å². The molecule has 0 bridgehead atoms. The molecule has 2 rings (SSSR count). The van der Waals surface area contributed by atoms with E-state index < -0.39 is 5.97 Å². The van der Waals surface area contributed by atoms with Gasteiger partial charge in [-0.15, -0.1) is 0 Å². The van der Waals surface area contributed by atoms with Crippen LogP contribution in [0.1, 0.15) is 39.0 Å². The highest BCUT2D eigenvalue weighted by atomic mass is 16.4. The first-order chi connectivity index (χ1) is 9.08. The minimum atomic E-state index is -0.927. The Morgan fingerprint density at radius 1 is 1.42 bits per heavy atom. The van der Waals surface area contributed by atoms with E-state index in [9.17, 15) is 9.59 Å². The number of hydrogen-bond donors (Lipinski definition) is 1. The number of carbonyl (C=O) groups is 2. The van der Waals surface area contributed by atoms with Crippen molar-refractivity contribution < 1.29 is 14.7 Å². The van der Waals surface area contributed by atoms with Gasteiger partial charge in [-0.25, -0.2) is 4.79 Å². The van der Waals surface area contributed by atoms with Gasteiger partial charge < -0.3 is 14.9 Å². The van der Waals surface area contributed by atoms with Crippen molar-refractivity contribution in [3.63, 3.8) is 0 Å². The molecule has 0 aromatic rings. The Hall–Kier alpha value is -1.52. The molecule has 1 heterocycles. The summed E-state index contributed by atoms with van der Waals surface area (Å²) in [6, 6.07) is -0.00588. The Morgan fingerprint density at radius 3 is 2.63 bits per heavy atom. The maximum Gasteiger partial charge on any atom is 0.323 e. The molecule has 2 aliphatic rings. The van der Waals surface area contributed by atoms with Crippen molar-refractivity contribution in [2.45, 2.75) is 45.1 Å². The van der Waals surface area contributed by atoms with E-state index in [0.29, 0.717) is 13.1 Å². The molecule has 1 saturated carbocycles. The Labute approximate surface area is 113 Å². The minimum Gasteiger partial charge on any atom is -0.480 e. The lowest BCUT2D eigenvalue weighted by Gasteiger charge is -2.34. The maximum absolute atomic E-state index is 12.5. The van der Waals surface area contributed by atoms with E-state index in [1.54, 1.807) is 9.80 Å². The van der Waals surface area contributed by atoms with Crippen molar-refractivity contribution in [3.05, 3.63) is 11.6 Å². The second-order valence-corrected chi connectivity index (χ2v) is 5.49. The van der Waals surface area contributed by atoms with E-state index in [0.717, 1.165) is 32.1 Å². The fraction of sp³-hybridized carbons (Fsp3) is 0.714. The average molecular weight is 266 g/mol. The number of carboxylic acids is 1. The first kappa shape index (κ1) is 13.9. The van der Waals surface area contributed by atoms with Crippen LogP contribution >= 0.6 is 0 Å². The number of urea groups is 1. The summed E-state index contributed by atoms with van der Waals surface area (Å²) < 4.78 is 0. The molecular formula is C14H22N2O3. The van der Waals surface area contributed by atoms with Crippen LogP contribution in [0, 0.1) is 0 Å². The second kappa shape index (κ2) is 6.08. The summed E-state index contributed by atoms with van der Waals surface area (Å²) in [5, 5.41) is 9.01. The second-order valence-electron chi connectivity index (χ2n) is 5.49. The van der Waals surface area contributed by atoms with Gasteiger partial charge in [0.25, 0.3) is 0 Å². The molecule has 0 unspecified atom stereocenters. The lowest BCUT2D eigenvalue weighted by molar-refractivity contribution is -0.138. The number of aliphatic carboxylic acids is 1. The predicted molar refractivity (Wildman–Crippen MR) is 71.9 cm³/mol. The summed E-state index contributed by atoms with van der Waals surface area (Å²) in [5.41, 5.74) is 1.30. The van der Waals surface area contributed by atoms with Crippen LogP contribution in [0.2, 0.25) is 0 Å². The molecule has 0 aromatic heterocycles. The quantitative estimate of drug-likeness (QED) is 0.796. The molecule has 5 heteroatoms. The Balaban J connectivity index is 2.04. The molecule has 1 N–H and O–H groups in total. The van der Waals surface area contributed by atoms with Crippen LogP contribution in [-0.4, -0.2) is 52.6 Å². The van der Waals surface area contributed by atoms with Crippen LogP contribution < -0.4 is 0 Å². The van der Waals surface area contributed by atoms with E-state index >= 15 is 0 Å². The molecule has 19 heavy (non-hydrogen) atoms. The fourth-order valence-corrected chi connectivity index (χ4v) is 2.84. The molecule has 0 atom stereocenters. The highest BCUT2D eigenvalue weighted by Crippen LogP contribution is 2.25. The third-order valence-electron chi connectivity index (χ3n) is 4.02. The van der Waals surface area contributed by atoms with Crippen molar-refractivity contribution in [2.75, 3.05) is 19.6 Å². The first-order valence-corrected chi connectivity index (χ1v) is 7.01. The largest absolute Gasteiger partial charge is 0.480 e. The summed E-state index contributed by atoms with van der Waals surface area (Å²) in [4.78, 5) is 26.8. The first-order valence-electron chi connectivity index (χ1n) is 7.01. The third-order valence-corrected chi connectivity index (χ3v) is 4.02. The zero-order valence-corrected chi connectivity index (χ0v) is 11.5. The molecule has 106 valence electrons. The number of carbonyl (C=O) groups excluding carboxylic acids is 1. The van der Waals surface area contributed by atoms with Gasteiger partial charge in [-0.3, -0.25) is 4.79 Å². The van der Waals surface area contributed by atoms with Gasteiger partial charge in [0.2, 0.25) is 0 Å². The van der Waals surface area contributed by atoms with Gasteiger partial charge in [0, 0.05) is 19.1 Å². The van der Waals surface area contributed by atoms with Gasteiger partial charge in [-0.05, 0) is 26.2 Å². The monoisotopic (exact) mass is 266 g/mol. The van der Waals surface area contributed by atoms with E-state index in [-0.39, 0.29) is 18.6 Å². The summed E-state index contributed by atoms with van der Waals surface area (Å²) in [7, 11) is 0. The van der Waals surface area contributed by atoms with Crippen molar-refractivity contribution in [1.82, 2.24) is 9.80 Å². The Bertz CT molecular complexity index is 386.